The zero-order chi connectivity index (χ0) is 13.0. The van der Waals surface area contributed by atoms with Crippen molar-refractivity contribution in [1.29, 1.82) is 0 Å². The molecule has 0 saturated heterocycles. The van der Waals surface area contributed by atoms with Crippen molar-refractivity contribution in [3.63, 3.8) is 0 Å². The van der Waals surface area contributed by atoms with Gasteiger partial charge in [0.25, 0.3) is 0 Å². The topological polar surface area (TPSA) is 27.6 Å². The van der Waals surface area contributed by atoms with Crippen molar-refractivity contribution in [2.24, 2.45) is 16.3 Å². The number of allylic oxidation sites excluding steroid dienone is 1. The molecule has 1 N–H and O–H groups in total. The van der Waals surface area contributed by atoms with Gasteiger partial charge in [-0.2, -0.15) is 0 Å². The highest BCUT2D eigenvalue weighted by Crippen LogP contribution is 2.60. The van der Waals surface area contributed by atoms with Crippen molar-refractivity contribution in [3.8, 4) is 0 Å². The zero-order valence-corrected chi connectivity index (χ0v) is 11.9. The molecule has 2 saturated carbocycles. The highest BCUT2D eigenvalue weighted by atomic mass is 15.3. The number of guanidine groups is 1. The first-order valence-corrected chi connectivity index (χ1v) is 7.24. The lowest BCUT2D eigenvalue weighted by Crippen LogP contribution is -2.42. The van der Waals surface area contributed by atoms with Crippen LogP contribution in [0.15, 0.2) is 17.6 Å². The number of rotatable bonds is 7. The van der Waals surface area contributed by atoms with Crippen LogP contribution in [-0.2, 0) is 0 Å². The Morgan fingerprint density at radius 3 is 2.72 bits per heavy atom. The fourth-order valence-corrected chi connectivity index (χ4v) is 2.80. The van der Waals surface area contributed by atoms with Crippen LogP contribution in [-0.4, -0.2) is 38.0 Å². The summed E-state index contributed by atoms with van der Waals surface area (Å²) in [5, 5.41) is 3.57. The molecule has 2 aliphatic rings. The van der Waals surface area contributed by atoms with Gasteiger partial charge in [0.1, 0.15) is 0 Å². The van der Waals surface area contributed by atoms with Gasteiger partial charge in [-0.05, 0) is 49.9 Å². The fourth-order valence-electron chi connectivity index (χ4n) is 2.80. The Labute approximate surface area is 111 Å². The zero-order valence-electron chi connectivity index (χ0n) is 11.9. The molecule has 18 heavy (non-hydrogen) atoms. The van der Waals surface area contributed by atoms with Gasteiger partial charge in [-0.15, -0.1) is 6.58 Å². The van der Waals surface area contributed by atoms with Gasteiger partial charge in [-0.1, -0.05) is 6.08 Å². The second-order valence-corrected chi connectivity index (χ2v) is 5.89. The SMILES string of the molecule is C=CCCCN(C)C(=NC)NCC1(C2CC2)CC1. The van der Waals surface area contributed by atoms with E-state index >= 15 is 0 Å². The Bertz CT molecular complexity index is 314. The second kappa shape index (κ2) is 5.77. The van der Waals surface area contributed by atoms with E-state index in [0.717, 1.165) is 37.8 Å². The smallest absolute Gasteiger partial charge is 0.193 e. The van der Waals surface area contributed by atoms with Gasteiger partial charge in [0.2, 0.25) is 0 Å². The normalized spacial score (nSPS) is 21.6. The van der Waals surface area contributed by atoms with E-state index in [0.29, 0.717) is 5.41 Å². The summed E-state index contributed by atoms with van der Waals surface area (Å²) in [6, 6.07) is 0. The van der Waals surface area contributed by atoms with E-state index in [9.17, 15) is 0 Å². The largest absolute Gasteiger partial charge is 0.356 e. The molecule has 3 nitrogen and oxygen atoms in total. The molecule has 0 aromatic rings. The molecule has 2 rings (SSSR count). The third-order valence-corrected chi connectivity index (χ3v) is 4.41. The molecule has 0 radical (unpaired) electrons. The number of unbranched alkanes of at least 4 members (excludes halogenated alkanes) is 1. The molecule has 0 aromatic heterocycles. The number of hydrogen-bond acceptors (Lipinski definition) is 1. The highest BCUT2D eigenvalue weighted by Gasteiger charge is 2.53. The van der Waals surface area contributed by atoms with Crippen LogP contribution in [0.2, 0.25) is 0 Å². The maximum Gasteiger partial charge on any atom is 0.193 e. The van der Waals surface area contributed by atoms with E-state index in [2.05, 4.69) is 28.8 Å². The summed E-state index contributed by atoms with van der Waals surface area (Å²) in [5.41, 5.74) is 0.637. The van der Waals surface area contributed by atoms with Crippen molar-refractivity contribution in [1.82, 2.24) is 10.2 Å². The standard InChI is InChI=1S/C15H27N3/c1-4-5-6-11-18(3)14(16-2)17-12-15(9-10-15)13-7-8-13/h4,13H,1,5-12H2,2-3H3,(H,16,17). The Hall–Kier alpha value is -0.990. The maximum absolute atomic E-state index is 4.38. The van der Waals surface area contributed by atoms with Crippen LogP contribution in [0.5, 0.6) is 0 Å². The maximum atomic E-state index is 4.38. The third-order valence-electron chi connectivity index (χ3n) is 4.41. The van der Waals surface area contributed by atoms with Crippen molar-refractivity contribution in [2.75, 3.05) is 27.2 Å². The van der Waals surface area contributed by atoms with E-state index in [1.54, 1.807) is 0 Å². The molecule has 3 heteroatoms. The first kappa shape index (κ1) is 13.4. The molecule has 0 atom stereocenters. The van der Waals surface area contributed by atoms with Crippen LogP contribution in [0.3, 0.4) is 0 Å². The first-order valence-electron chi connectivity index (χ1n) is 7.24. The summed E-state index contributed by atoms with van der Waals surface area (Å²) in [5.74, 6) is 2.06. The number of aliphatic imine (C=N–C) groups is 1. The fraction of sp³-hybridized carbons (Fsp3) is 0.800. The van der Waals surface area contributed by atoms with Gasteiger partial charge >= 0.3 is 0 Å². The summed E-state index contributed by atoms with van der Waals surface area (Å²) >= 11 is 0. The van der Waals surface area contributed by atoms with E-state index in [1.807, 2.05) is 13.1 Å². The van der Waals surface area contributed by atoms with Gasteiger partial charge in [-0.25, -0.2) is 0 Å². The van der Waals surface area contributed by atoms with Gasteiger partial charge < -0.3 is 10.2 Å². The summed E-state index contributed by atoms with van der Waals surface area (Å²) in [7, 11) is 4.00. The minimum Gasteiger partial charge on any atom is -0.356 e. The molecule has 0 amide bonds. The van der Waals surface area contributed by atoms with E-state index < -0.39 is 0 Å². The van der Waals surface area contributed by atoms with Crippen LogP contribution >= 0.6 is 0 Å². The molecule has 0 spiro atoms. The molecule has 0 bridgehead atoms. The molecule has 0 aromatic carbocycles. The summed E-state index contributed by atoms with van der Waals surface area (Å²) < 4.78 is 0. The van der Waals surface area contributed by atoms with Crippen LogP contribution in [0, 0.1) is 11.3 Å². The van der Waals surface area contributed by atoms with Gasteiger partial charge in [0.05, 0.1) is 0 Å². The van der Waals surface area contributed by atoms with Gasteiger partial charge in [0, 0.05) is 27.2 Å². The first-order chi connectivity index (χ1) is 8.72. The Kier molecular flexibility index (Phi) is 4.31. The van der Waals surface area contributed by atoms with Crippen molar-refractivity contribution >= 4 is 5.96 Å². The lowest BCUT2D eigenvalue weighted by Gasteiger charge is -2.24. The molecular formula is C15H27N3. The van der Waals surface area contributed by atoms with E-state index in [4.69, 9.17) is 0 Å². The van der Waals surface area contributed by atoms with Crippen LogP contribution in [0.4, 0.5) is 0 Å². The predicted octanol–water partition coefficient (Wildman–Crippen LogP) is 2.65. The molecule has 2 fully saturated rings. The molecule has 0 unspecified atom stereocenters. The van der Waals surface area contributed by atoms with Crippen molar-refractivity contribution < 1.29 is 0 Å². The van der Waals surface area contributed by atoms with Gasteiger partial charge in [0.15, 0.2) is 5.96 Å². The van der Waals surface area contributed by atoms with E-state index in [-0.39, 0.29) is 0 Å². The monoisotopic (exact) mass is 249 g/mol. The van der Waals surface area contributed by atoms with Gasteiger partial charge in [-0.3, -0.25) is 4.99 Å². The van der Waals surface area contributed by atoms with Crippen molar-refractivity contribution in [3.05, 3.63) is 12.7 Å². The second-order valence-electron chi connectivity index (χ2n) is 5.89. The molecule has 0 aliphatic heterocycles. The average molecular weight is 249 g/mol. The molecule has 0 heterocycles. The summed E-state index contributed by atoms with van der Waals surface area (Å²) in [6.07, 6.45) is 9.95. The van der Waals surface area contributed by atoms with Crippen LogP contribution in [0.1, 0.15) is 38.5 Å². The number of hydrogen-bond donors (Lipinski definition) is 1. The molecule has 102 valence electrons. The third kappa shape index (κ3) is 3.27. The Morgan fingerprint density at radius 1 is 1.50 bits per heavy atom. The summed E-state index contributed by atoms with van der Waals surface area (Å²) in [6.45, 7) is 5.93. The lowest BCUT2D eigenvalue weighted by atomic mass is 10.0. The Morgan fingerprint density at radius 2 is 2.22 bits per heavy atom. The van der Waals surface area contributed by atoms with Crippen LogP contribution in [0.25, 0.3) is 0 Å². The number of nitrogens with one attached hydrogen (secondary N) is 1. The quantitative estimate of drug-likeness (QED) is 0.325. The average Bonchev–Trinajstić information content (AvgIpc) is 3.23. The Balaban J connectivity index is 1.73. The molecular weight excluding hydrogens is 222 g/mol. The summed E-state index contributed by atoms with van der Waals surface area (Å²) in [4.78, 5) is 6.61. The lowest BCUT2D eigenvalue weighted by molar-refractivity contribution is 0.409. The molecule has 2 aliphatic carbocycles. The predicted molar refractivity (Wildman–Crippen MR) is 77.8 cm³/mol. The highest BCUT2D eigenvalue weighted by molar-refractivity contribution is 5.79. The van der Waals surface area contributed by atoms with Crippen LogP contribution < -0.4 is 5.32 Å². The minimum atomic E-state index is 0.637. The number of nitrogens with zero attached hydrogens (tertiary/aromatic N) is 2. The van der Waals surface area contributed by atoms with Crippen molar-refractivity contribution in [2.45, 2.75) is 38.5 Å². The minimum absolute atomic E-state index is 0.637. The van der Waals surface area contributed by atoms with E-state index in [1.165, 1.54) is 25.7 Å².